The van der Waals surface area contributed by atoms with E-state index in [2.05, 4.69) is 42.5 Å². The molecule has 1 heterocycles. The third kappa shape index (κ3) is 3.53. The monoisotopic (exact) mass is 360 g/mol. The van der Waals surface area contributed by atoms with Crippen LogP contribution >= 0.6 is 31.9 Å². The first-order valence-electron chi connectivity index (χ1n) is 5.66. The molecule has 1 unspecified atom stereocenters. The number of piperidine rings is 1. The van der Waals surface area contributed by atoms with E-state index in [9.17, 15) is 4.79 Å². The maximum absolute atomic E-state index is 12.0. The topological polar surface area (TPSA) is 41.1 Å². The molecular formula is C12H14Br2N2O. The molecule has 92 valence electrons. The van der Waals surface area contributed by atoms with Gasteiger partial charge >= 0.3 is 0 Å². The molecule has 0 bridgehead atoms. The first kappa shape index (κ1) is 13.1. The maximum atomic E-state index is 12.0. The molecule has 2 N–H and O–H groups in total. The SMILES string of the molecule is O=C(Nc1cc(Br)ccc1Br)C1CCCCN1. The second-order valence-corrected chi connectivity index (χ2v) is 5.89. The summed E-state index contributed by atoms with van der Waals surface area (Å²) in [7, 11) is 0. The summed E-state index contributed by atoms with van der Waals surface area (Å²) in [5, 5.41) is 6.18. The van der Waals surface area contributed by atoms with Gasteiger partial charge in [0.1, 0.15) is 0 Å². The largest absolute Gasteiger partial charge is 0.324 e. The number of hydrogen-bond acceptors (Lipinski definition) is 2. The number of benzene rings is 1. The van der Waals surface area contributed by atoms with Crippen molar-refractivity contribution in [3.8, 4) is 0 Å². The quantitative estimate of drug-likeness (QED) is 0.848. The van der Waals surface area contributed by atoms with Gasteiger partial charge in [-0.15, -0.1) is 0 Å². The number of anilines is 1. The van der Waals surface area contributed by atoms with Gasteiger partial charge in [0.25, 0.3) is 0 Å². The van der Waals surface area contributed by atoms with Crippen LogP contribution in [0.25, 0.3) is 0 Å². The fourth-order valence-electron chi connectivity index (χ4n) is 1.89. The number of nitrogens with one attached hydrogen (secondary N) is 2. The lowest BCUT2D eigenvalue weighted by molar-refractivity contribution is -0.118. The molecule has 1 aliphatic heterocycles. The van der Waals surface area contributed by atoms with E-state index in [0.717, 1.165) is 40.4 Å². The van der Waals surface area contributed by atoms with Crippen LogP contribution in [0.2, 0.25) is 0 Å². The summed E-state index contributed by atoms with van der Waals surface area (Å²) in [5.41, 5.74) is 0.803. The first-order chi connectivity index (χ1) is 8.16. The Bertz CT molecular complexity index is 417. The van der Waals surface area contributed by atoms with Crippen molar-refractivity contribution in [2.24, 2.45) is 0 Å². The molecule has 1 aromatic rings. The van der Waals surface area contributed by atoms with Crippen molar-refractivity contribution < 1.29 is 4.79 Å². The Kier molecular flexibility index (Phi) is 4.59. The number of halogens is 2. The molecule has 17 heavy (non-hydrogen) atoms. The molecule has 0 aliphatic carbocycles. The molecule has 0 radical (unpaired) electrons. The Morgan fingerprint density at radius 3 is 2.88 bits per heavy atom. The zero-order valence-electron chi connectivity index (χ0n) is 9.30. The van der Waals surface area contributed by atoms with E-state index in [0.29, 0.717) is 0 Å². The van der Waals surface area contributed by atoms with E-state index in [4.69, 9.17) is 0 Å². The minimum atomic E-state index is -0.0605. The van der Waals surface area contributed by atoms with E-state index in [1.54, 1.807) is 0 Å². The van der Waals surface area contributed by atoms with Crippen molar-refractivity contribution in [1.29, 1.82) is 0 Å². The normalized spacial score (nSPS) is 20.0. The summed E-state index contributed by atoms with van der Waals surface area (Å²) in [5.74, 6) is 0.0449. The molecule has 1 aliphatic rings. The number of hydrogen-bond donors (Lipinski definition) is 2. The van der Waals surface area contributed by atoms with Crippen molar-refractivity contribution in [2.45, 2.75) is 25.3 Å². The average molecular weight is 362 g/mol. The minimum Gasteiger partial charge on any atom is -0.324 e. The molecule has 0 saturated carbocycles. The van der Waals surface area contributed by atoms with Crippen molar-refractivity contribution in [3.63, 3.8) is 0 Å². The van der Waals surface area contributed by atoms with Gasteiger partial charge in [-0.05, 0) is 53.5 Å². The highest BCUT2D eigenvalue weighted by Gasteiger charge is 2.20. The van der Waals surface area contributed by atoms with Crippen molar-refractivity contribution >= 4 is 43.5 Å². The van der Waals surface area contributed by atoms with Gasteiger partial charge in [-0.2, -0.15) is 0 Å². The van der Waals surface area contributed by atoms with Crippen LogP contribution in [-0.2, 0) is 4.79 Å². The number of carbonyl (C=O) groups is 1. The average Bonchev–Trinajstić information content (AvgIpc) is 2.35. The van der Waals surface area contributed by atoms with E-state index in [-0.39, 0.29) is 11.9 Å². The molecule has 5 heteroatoms. The van der Waals surface area contributed by atoms with Gasteiger partial charge in [-0.1, -0.05) is 22.4 Å². The second-order valence-electron chi connectivity index (χ2n) is 4.12. The van der Waals surface area contributed by atoms with E-state index in [1.165, 1.54) is 0 Å². The Labute approximate surface area is 118 Å². The van der Waals surface area contributed by atoms with Gasteiger partial charge in [0, 0.05) is 8.95 Å². The zero-order valence-corrected chi connectivity index (χ0v) is 12.5. The predicted molar refractivity (Wildman–Crippen MR) is 76.1 cm³/mol. The van der Waals surface area contributed by atoms with Crippen LogP contribution < -0.4 is 10.6 Å². The summed E-state index contributed by atoms with van der Waals surface area (Å²) in [4.78, 5) is 12.0. The molecule has 2 rings (SSSR count). The van der Waals surface area contributed by atoms with Crippen LogP contribution in [0.3, 0.4) is 0 Å². The van der Waals surface area contributed by atoms with Gasteiger partial charge < -0.3 is 10.6 Å². The maximum Gasteiger partial charge on any atom is 0.241 e. The second kappa shape index (κ2) is 5.98. The standard InChI is InChI=1S/C12H14Br2N2O/c13-8-4-5-9(14)11(7-8)16-12(17)10-3-1-2-6-15-10/h4-5,7,10,15H,1-3,6H2,(H,16,17). The number of amides is 1. The van der Waals surface area contributed by atoms with Crippen molar-refractivity contribution in [3.05, 3.63) is 27.1 Å². The number of carbonyl (C=O) groups excluding carboxylic acids is 1. The van der Waals surface area contributed by atoms with Gasteiger partial charge in [0.05, 0.1) is 11.7 Å². The lowest BCUT2D eigenvalue weighted by Crippen LogP contribution is -2.43. The molecule has 3 nitrogen and oxygen atoms in total. The van der Waals surface area contributed by atoms with Crippen LogP contribution in [0.5, 0.6) is 0 Å². The zero-order chi connectivity index (χ0) is 12.3. The smallest absolute Gasteiger partial charge is 0.241 e. The lowest BCUT2D eigenvalue weighted by atomic mass is 10.0. The van der Waals surface area contributed by atoms with E-state index >= 15 is 0 Å². The first-order valence-corrected chi connectivity index (χ1v) is 7.25. The molecular weight excluding hydrogens is 348 g/mol. The summed E-state index contributed by atoms with van der Waals surface area (Å²) in [6.07, 6.45) is 3.19. The molecule has 0 aromatic heterocycles. The van der Waals surface area contributed by atoms with Crippen molar-refractivity contribution in [2.75, 3.05) is 11.9 Å². The Morgan fingerprint density at radius 1 is 1.35 bits per heavy atom. The van der Waals surface area contributed by atoms with Crippen LogP contribution in [-0.4, -0.2) is 18.5 Å². The molecule has 1 aromatic carbocycles. The summed E-state index contributed by atoms with van der Waals surface area (Å²) >= 11 is 6.82. The molecule has 1 fully saturated rings. The Morgan fingerprint density at radius 2 is 2.18 bits per heavy atom. The van der Waals surface area contributed by atoms with E-state index in [1.807, 2.05) is 18.2 Å². The van der Waals surface area contributed by atoms with Gasteiger partial charge in [-0.25, -0.2) is 0 Å². The Hall–Kier alpha value is -0.390. The summed E-state index contributed by atoms with van der Waals surface area (Å²) in [6.45, 7) is 0.928. The molecule has 1 saturated heterocycles. The summed E-state index contributed by atoms with van der Waals surface area (Å²) < 4.78 is 1.84. The van der Waals surface area contributed by atoms with Gasteiger partial charge in [-0.3, -0.25) is 4.79 Å². The van der Waals surface area contributed by atoms with Gasteiger partial charge in [0.15, 0.2) is 0 Å². The van der Waals surface area contributed by atoms with E-state index < -0.39 is 0 Å². The van der Waals surface area contributed by atoms with Crippen LogP contribution in [0, 0.1) is 0 Å². The summed E-state index contributed by atoms with van der Waals surface area (Å²) in [6, 6.07) is 5.67. The fourth-order valence-corrected chi connectivity index (χ4v) is 2.60. The lowest BCUT2D eigenvalue weighted by Gasteiger charge is -2.22. The fraction of sp³-hybridized carbons (Fsp3) is 0.417. The Balaban J connectivity index is 2.04. The van der Waals surface area contributed by atoms with Crippen LogP contribution in [0.4, 0.5) is 5.69 Å². The van der Waals surface area contributed by atoms with Crippen LogP contribution in [0.15, 0.2) is 27.1 Å². The van der Waals surface area contributed by atoms with Gasteiger partial charge in [0.2, 0.25) is 5.91 Å². The molecule has 0 spiro atoms. The highest BCUT2D eigenvalue weighted by molar-refractivity contribution is 9.11. The highest BCUT2D eigenvalue weighted by Crippen LogP contribution is 2.26. The third-order valence-electron chi connectivity index (χ3n) is 2.81. The van der Waals surface area contributed by atoms with Crippen LogP contribution in [0.1, 0.15) is 19.3 Å². The predicted octanol–water partition coefficient (Wildman–Crippen LogP) is 3.29. The molecule has 1 atom stereocenters. The van der Waals surface area contributed by atoms with Crippen molar-refractivity contribution in [1.82, 2.24) is 5.32 Å². The highest BCUT2D eigenvalue weighted by atomic mass is 79.9. The minimum absolute atomic E-state index is 0.0449. The third-order valence-corrected chi connectivity index (χ3v) is 4.00. The number of rotatable bonds is 2. The molecule has 1 amide bonds.